The minimum Gasteiger partial charge on any atom is -0.466 e. The van der Waals surface area contributed by atoms with Gasteiger partial charge in [0.1, 0.15) is 17.3 Å². The fourth-order valence-corrected chi connectivity index (χ4v) is 9.52. The van der Waals surface area contributed by atoms with E-state index in [1.54, 1.807) is 0 Å². The molecule has 2 unspecified atom stereocenters. The first-order valence-corrected chi connectivity index (χ1v) is 17.3. The Bertz CT molecular complexity index is 1400. The molecule has 0 spiro atoms. The summed E-state index contributed by atoms with van der Waals surface area (Å²) in [5.74, 6) is -2.80. The molecular formula is C31H41F5O10S. The maximum absolute atomic E-state index is 13.9. The van der Waals surface area contributed by atoms with Crippen molar-refractivity contribution in [1.29, 1.82) is 0 Å². The Balaban J connectivity index is 1.28. The Labute approximate surface area is 269 Å². The zero-order chi connectivity index (χ0) is 35.3. The molecule has 4 rings (SSSR count). The van der Waals surface area contributed by atoms with Crippen LogP contribution in [0.1, 0.15) is 91.4 Å². The third-order valence-corrected chi connectivity index (χ3v) is 12.6. The second kappa shape index (κ2) is 13.1. The first kappa shape index (κ1) is 37.3. The number of hydrogen-bond acceptors (Lipinski definition) is 9. The highest BCUT2D eigenvalue weighted by Crippen LogP contribution is 2.66. The number of halogens is 5. The van der Waals surface area contributed by atoms with Crippen LogP contribution >= 0.6 is 0 Å². The zero-order valence-corrected chi connectivity index (χ0v) is 27.3. The van der Waals surface area contributed by atoms with Crippen molar-refractivity contribution in [2.24, 2.45) is 46.3 Å². The molecule has 0 heterocycles. The molecule has 0 saturated heterocycles. The SMILES string of the molecule is CC(CCC(=O)OCCCC(=O)OC(C(F)(F)F)C(F)(F)S(=O)(=O)O)[C@H]1CC[C@H]2[C@@H]3C(=O)C[C@@H]4CC(=O)CC[C@]4(C)[C@H]3CC(=O)[C@]12C. The van der Waals surface area contributed by atoms with E-state index in [2.05, 4.69) is 11.7 Å². The number of alkyl halides is 5. The van der Waals surface area contributed by atoms with Crippen LogP contribution in [0.4, 0.5) is 22.0 Å². The number of rotatable bonds is 11. The van der Waals surface area contributed by atoms with E-state index in [1.807, 2.05) is 13.8 Å². The normalized spacial score (nSPS) is 34.1. The molecule has 4 aliphatic carbocycles. The fourth-order valence-electron chi connectivity index (χ4n) is 9.06. The van der Waals surface area contributed by atoms with Gasteiger partial charge in [-0.15, -0.1) is 0 Å². The van der Waals surface area contributed by atoms with Gasteiger partial charge in [-0.1, -0.05) is 20.8 Å². The zero-order valence-electron chi connectivity index (χ0n) is 26.4. The molecule has 9 atom stereocenters. The van der Waals surface area contributed by atoms with Gasteiger partial charge in [0.05, 0.1) is 6.61 Å². The number of esters is 2. The molecule has 47 heavy (non-hydrogen) atoms. The van der Waals surface area contributed by atoms with Gasteiger partial charge in [-0.2, -0.15) is 30.4 Å². The van der Waals surface area contributed by atoms with Crippen LogP contribution in [0.25, 0.3) is 0 Å². The topological polar surface area (TPSA) is 158 Å². The molecule has 4 saturated carbocycles. The summed E-state index contributed by atoms with van der Waals surface area (Å²) in [6.45, 7) is 5.53. The van der Waals surface area contributed by atoms with Crippen LogP contribution in [0.5, 0.6) is 0 Å². The summed E-state index contributed by atoms with van der Waals surface area (Å²) < 4.78 is 104. The highest BCUT2D eigenvalue weighted by Gasteiger charge is 2.67. The van der Waals surface area contributed by atoms with Gasteiger partial charge in [-0.25, -0.2) is 0 Å². The van der Waals surface area contributed by atoms with Crippen LogP contribution in [0.3, 0.4) is 0 Å². The lowest BCUT2D eigenvalue weighted by atomic mass is 9.44. The molecule has 0 aromatic heterocycles. The number of hydrogen-bond donors (Lipinski definition) is 1. The van der Waals surface area contributed by atoms with Crippen LogP contribution in [0.2, 0.25) is 0 Å². The van der Waals surface area contributed by atoms with E-state index in [9.17, 15) is 54.3 Å². The summed E-state index contributed by atoms with van der Waals surface area (Å²) in [5, 5.41) is -5.84. The Morgan fingerprint density at radius 3 is 2.26 bits per heavy atom. The molecule has 0 aromatic carbocycles. The van der Waals surface area contributed by atoms with E-state index in [4.69, 9.17) is 9.29 Å². The van der Waals surface area contributed by atoms with Gasteiger partial charge >= 0.3 is 33.5 Å². The maximum atomic E-state index is 13.9. The van der Waals surface area contributed by atoms with Crippen molar-refractivity contribution >= 4 is 39.4 Å². The molecule has 0 aliphatic heterocycles. The Kier molecular flexibility index (Phi) is 10.4. The van der Waals surface area contributed by atoms with Gasteiger partial charge in [0, 0.05) is 49.9 Å². The Hall–Kier alpha value is -2.49. The molecule has 4 aliphatic rings. The predicted octanol–water partition coefficient (Wildman–Crippen LogP) is 5.27. The summed E-state index contributed by atoms with van der Waals surface area (Å²) in [5.41, 5.74) is -0.979. The average Bonchev–Trinajstić information content (AvgIpc) is 3.31. The number of ether oxygens (including phenoxy) is 2. The Morgan fingerprint density at radius 2 is 1.64 bits per heavy atom. The molecule has 0 radical (unpaired) electrons. The number of fused-ring (bicyclic) bond motifs is 5. The highest BCUT2D eigenvalue weighted by molar-refractivity contribution is 7.86. The number of ketones is 3. The first-order valence-electron chi connectivity index (χ1n) is 15.9. The smallest absolute Gasteiger partial charge is 0.432 e. The van der Waals surface area contributed by atoms with Crippen molar-refractivity contribution in [2.75, 3.05) is 6.61 Å². The van der Waals surface area contributed by atoms with Gasteiger partial charge in [0.2, 0.25) is 0 Å². The van der Waals surface area contributed by atoms with Crippen molar-refractivity contribution in [3.63, 3.8) is 0 Å². The van der Waals surface area contributed by atoms with Crippen LogP contribution in [0, 0.1) is 46.3 Å². The second-order valence-corrected chi connectivity index (χ2v) is 15.7. The summed E-state index contributed by atoms with van der Waals surface area (Å²) in [6.07, 6.45) is -7.93. The van der Waals surface area contributed by atoms with E-state index in [1.165, 1.54) is 0 Å². The van der Waals surface area contributed by atoms with E-state index >= 15 is 0 Å². The minimum absolute atomic E-state index is 0.0333. The molecule has 1 N–H and O–H groups in total. The average molecular weight is 701 g/mol. The van der Waals surface area contributed by atoms with Gasteiger partial charge < -0.3 is 9.47 Å². The van der Waals surface area contributed by atoms with Gasteiger partial charge in [-0.3, -0.25) is 28.5 Å². The third kappa shape index (κ3) is 7.00. The summed E-state index contributed by atoms with van der Waals surface area (Å²) in [6, 6.07) is 0. The lowest BCUT2D eigenvalue weighted by Crippen LogP contribution is -2.60. The van der Waals surface area contributed by atoms with Gasteiger partial charge in [0.15, 0.2) is 0 Å². The van der Waals surface area contributed by atoms with Gasteiger partial charge in [0.25, 0.3) is 6.10 Å². The number of carbonyl (C=O) groups excluding carboxylic acids is 5. The van der Waals surface area contributed by atoms with Crippen molar-refractivity contribution in [3.05, 3.63) is 0 Å². The van der Waals surface area contributed by atoms with E-state index in [-0.39, 0.29) is 71.1 Å². The van der Waals surface area contributed by atoms with E-state index in [0.717, 1.165) is 0 Å². The van der Waals surface area contributed by atoms with Gasteiger partial charge in [-0.05, 0) is 67.1 Å². The molecule has 10 nitrogen and oxygen atoms in total. The molecule has 4 fully saturated rings. The maximum Gasteiger partial charge on any atom is 0.432 e. The lowest BCUT2D eigenvalue weighted by molar-refractivity contribution is -0.259. The van der Waals surface area contributed by atoms with Crippen molar-refractivity contribution < 1.29 is 68.4 Å². The summed E-state index contributed by atoms with van der Waals surface area (Å²) >= 11 is 0. The monoisotopic (exact) mass is 700 g/mol. The Morgan fingerprint density at radius 1 is 0.979 bits per heavy atom. The van der Waals surface area contributed by atoms with Crippen LogP contribution in [0.15, 0.2) is 0 Å². The van der Waals surface area contributed by atoms with Crippen LogP contribution in [-0.4, -0.2) is 66.4 Å². The molecular weight excluding hydrogens is 659 g/mol. The first-order chi connectivity index (χ1) is 21.5. The third-order valence-electron chi connectivity index (χ3n) is 11.7. The fraction of sp³-hybridized carbons (Fsp3) is 0.839. The quantitative estimate of drug-likeness (QED) is 0.130. The van der Waals surface area contributed by atoms with Crippen LogP contribution in [-0.2, 0) is 43.6 Å². The summed E-state index contributed by atoms with van der Waals surface area (Å²) in [4.78, 5) is 63.7. The molecule has 16 heteroatoms. The minimum atomic E-state index is -6.56. The van der Waals surface area contributed by atoms with E-state index < -0.39 is 64.5 Å². The summed E-state index contributed by atoms with van der Waals surface area (Å²) in [7, 11) is -6.56. The predicted molar refractivity (Wildman–Crippen MR) is 152 cm³/mol. The van der Waals surface area contributed by atoms with E-state index in [0.29, 0.717) is 44.9 Å². The number of Topliss-reactive ketones (excluding diaryl/α,β-unsaturated/α-hetero) is 3. The van der Waals surface area contributed by atoms with Crippen LogP contribution < -0.4 is 0 Å². The largest absolute Gasteiger partial charge is 0.466 e. The lowest BCUT2D eigenvalue weighted by Gasteiger charge is -2.58. The molecule has 0 bridgehead atoms. The highest BCUT2D eigenvalue weighted by atomic mass is 32.2. The molecule has 0 aromatic rings. The molecule has 0 amide bonds. The van der Waals surface area contributed by atoms with Crippen molar-refractivity contribution in [1.82, 2.24) is 0 Å². The standard InChI is InChI=1S/C31H41F5O10S/c1-16(6-9-24(40)45-12-4-5-25(41)46-27(30(32,33)34)31(35,36)47(42,43)44)19-7-8-20-26-21(15-23(39)29(19,20)3)28(2)11-10-18(37)13-17(28)14-22(26)38/h16-17,19-21,26-27H,4-15H2,1-3H3,(H,42,43,44)/t16?,17-,19+,20-,21-,26-,27?,28-,29+/m0/s1. The second-order valence-electron chi connectivity index (χ2n) is 14.2. The molecule has 266 valence electrons. The van der Waals surface area contributed by atoms with Crippen molar-refractivity contribution in [2.45, 2.75) is 109 Å². The number of carbonyl (C=O) groups is 5. The van der Waals surface area contributed by atoms with Crippen molar-refractivity contribution in [3.8, 4) is 0 Å².